The van der Waals surface area contributed by atoms with Gasteiger partial charge >= 0.3 is 0 Å². The van der Waals surface area contributed by atoms with Gasteiger partial charge in [-0.05, 0) is 25.1 Å². The van der Waals surface area contributed by atoms with Gasteiger partial charge in [0.05, 0.1) is 19.5 Å². The predicted molar refractivity (Wildman–Crippen MR) is 98.1 cm³/mol. The van der Waals surface area contributed by atoms with Crippen molar-refractivity contribution in [3.8, 4) is 11.4 Å². The molecular formula is C16H21ClN4O3S. The Labute approximate surface area is 153 Å². The van der Waals surface area contributed by atoms with Gasteiger partial charge in [0.25, 0.3) is 0 Å². The van der Waals surface area contributed by atoms with Crippen LogP contribution in [0.4, 0.5) is 0 Å². The molecule has 25 heavy (non-hydrogen) atoms. The van der Waals surface area contributed by atoms with Crippen LogP contribution in [-0.4, -0.2) is 44.9 Å². The number of nitrogens with zero attached hydrogens (tertiary/aromatic N) is 2. The van der Waals surface area contributed by atoms with Crippen molar-refractivity contribution < 1.29 is 13.2 Å². The topological polar surface area (TPSA) is 85.2 Å². The molecule has 9 heteroatoms. The van der Waals surface area contributed by atoms with E-state index < -0.39 is 10.0 Å². The molecule has 0 atom stereocenters. The Morgan fingerprint density at radius 3 is 2.88 bits per heavy atom. The quantitative estimate of drug-likeness (QED) is 0.737. The Morgan fingerprint density at radius 1 is 1.36 bits per heavy atom. The van der Waals surface area contributed by atoms with Gasteiger partial charge in [-0.15, -0.1) is 12.4 Å². The van der Waals surface area contributed by atoms with Crippen LogP contribution in [0.3, 0.4) is 0 Å². The van der Waals surface area contributed by atoms with E-state index in [0.29, 0.717) is 18.0 Å². The number of halogens is 1. The standard InChI is InChI=1S/C16H20N4O3S.ClH/c1-23-16-5-3-2-4-15(16)20-12-14(11-18-20)24(21,22)19-10-13-6-8-17-9-7-13;/h2-6,11-12,17,19H,7-10H2,1H3;1H. The Morgan fingerprint density at radius 2 is 2.16 bits per heavy atom. The Bertz CT molecular complexity index is 849. The van der Waals surface area contributed by atoms with Crippen molar-refractivity contribution >= 4 is 22.4 Å². The molecular weight excluding hydrogens is 364 g/mol. The molecule has 2 heterocycles. The van der Waals surface area contributed by atoms with Gasteiger partial charge < -0.3 is 10.1 Å². The third-order valence-electron chi connectivity index (χ3n) is 3.85. The summed E-state index contributed by atoms with van der Waals surface area (Å²) in [6.07, 6.45) is 5.69. The maximum Gasteiger partial charge on any atom is 0.244 e. The third kappa shape index (κ3) is 4.60. The Hall–Kier alpha value is -1.87. The Kier molecular flexibility index (Phi) is 6.60. The molecule has 1 aromatic carbocycles. The smallest absolute Gasteiger partial charge is 0.244 e. The van der Waals surface area contributed by atoms with E-state index in [1.54, 1.807) is 13.2 Å². The summed E-state index contributed by atoms with van der Waals surface area (Å²) in [5.74, 6) is 0.623. The van der Waals surface area contributed by atoms with Crippen molar-refractivity contribution in [2.24, 2.45) is 0 Å². The van der Waals surface area contributed by atoms with E-state index in [9.17, 15) is 8.42 Å². The average Bonchev–Trinajstić information content (AvgIpc) is 3.12. The zero-order valence-electron chi connectivity index (χ0n) is 13.8. The lowest BCUT2D eigenvalue weighted by Gasteiger charge is -2.14. The first-order chi connectivity index (χ1) is 11.6. The molecule has 136 valence electrons. The fourth-order valence-electron chi connectivity index (χ4n) is 2.50. The molecule has 3 rings (SSSR count). The second-order valence-electron chi connectivity index (χ2n) is 5.43. The van der Waals surface area contributed by atoms with E-state index in [1.807, 2.05) is 24.3 Å². The Balaban J connectivity index is 0.00000225. The SMILES string of the molecule is COc1ccccc1-n1cc(S(=O)(=O)NCC2=CCNCC2)cn1.Cl. The molecule has 1 aliphatic heterocycles. The fourth-order valence-corrected chi connectivity index (χ4v) is 3.46. The maximum atomic E-state index is 12.4. The summed E-state index contributed by atoms with van der Waals surface area (Å²) in [6, 6.07) is 7.30. The summed E-state index contributed by atoms with van der Waals surface area (Å²) in [7, 11) is -2.04. The van der Waals surface area contributed by atoms with Crippen LogP contribution in [0, 0.1) is 0 Å². The van der Waals surface area contributed by atoms with E-state index in [0.717, 1.165) is 25.1 Å². The highest BCUT2D eigenvalue weighted by Crippen LogP contribution is 2.22. The predicted octanol–water partition coefficient (Wildman–Crippen LogP) is 1.50. The first kappa shape index (κ1) is 19.5. The number of methoxy groups -OCH3 is 1. The van der Waals surface area contributed by atoms with Crippen LogP contribution in [0.5, 0.6) is 5.75 Å². The first-order valence-electron chi connectivity index (χ1n) is 7.66. The van der Waals surface area contributed by atoms with E-state index in [4.69, 9.17) is 4.74 Å². The van der Waals surface area contributed by atoms with Gasteiger partial charge in [0.1, 0.15) is 16.3 Å². The lowest BCUT2D eigenvalue weighted by Crippen LogP contribution is -2.29. The third-order valence-corrected chi connectivity index (χ3v) is 5.20. The van der Waals surface area contributed by atoms with Crippen LogP contribution in [0.1, 0.15) is 6.42 Å². The van der Waals surface area contributed by atoms with Gasteiger partial charge in [0.15, 0.2) is 0 Å². The largest absolute Gasteiger partial charge is 0.494 e. The van der Waals surface area contributed by atoms with Gasteiger partial charge in [-0.25, -0.2) is 17.8 Å². The molecule has 0 aliphatic carbocycles. The van der Waals surface area contributed by atoms with E-state index in [2.05, 4.69) is 15.1 Å². The number of sulfonamides is 1. The van der Waals surface area contributed by atoms with Crippen molar-refractivity contribution in [2.45, 2.75) is 11.3 Å². The summed E-state index contributed by atoms with van der Waals surface area (Å²) >= 11 is 0. The van der Waals surface area contributed by atoms with Crippen molar-refractivity contribution in [3.05, 3.63) is 48.3 Å². The molecule has 2 N–H and O–H groups in total. The molecule has 7 nitrogen and oxygen atoms in total. The lowest BCUT2D eigenvalue weighted by molar-refractivity contribution is 0.411. The van der Waals surface area contributed by atoms with Gasteiger partial charge in [0, 0.05) is 13.1 Å². The molecule has 0 unspecified atom stereocenters. The van der Waals surface area contributed by atoms with Crippen molar-refractivity contribution in [1.82, 2.24) is 19.8 Å². The fraction of sp³-hybridized carbons (Fsp3) is 0.312. The summed E-state index contributed by atoms with van der Waals surface area (Å²) in [5.41, 5.74) is 1.77. The van der Waals surface area contributed by atoms with E-state index in [1.165, 1.54) is 17.1 Å². The number of ether oxygens (including phenoxy) is 1. The number of aromatic nitrogens is 2. The van der Waals surface area contributed by atoms with Gasteiger partial charge in [-0.2, -0.15) is 5.10 Å². The minimum absolute atomic E-state index is 0. The summed E-state index contributed by atoms with van der Waals surface area (Å²) in [6.45, 7) is 1.98. The monoisotopic (exact) mass is 384 g/mol. The maximum absolute atomic E-state index is 12.4. The molecule has 0 bridgehead atoms. The number of hydrogen-bond donors (Lipinski definition) is 2. The average molecular weight is 385 g/mol. The number of benzene rings is 1. The van der Waals surface area contributed by atoms with Crippen LogP contribution >= 0.6 is 12.4 Å². The van der Waals surface area contributed by atoms with Gasteiger partial charge in [0.2, 0.25) is 10.0 Å². The van der Waals surface area contributed by atoms with Gasteiger partial charge in [-0.3, -0.25) is 0 Å². The molecule has 0 saturated carbocycles. The minimum Gasteiger partial charge on any atom is -0.494 e. The zero-order valence-corrected chi connectivity index (χ0v) is 15.4. The molecule has 0 amide bonds. The number of hydrogen-bond acceptors (Lipinski definition) is 5. The van der Waals surface area contributed by atoms with Gasteiger partial charge in [-0.1, -0.05) is 23.8 Å². The molecule has 1 aromatic heterocycles. The van der Waals surface area contributed by atoms with Crippen molar-refractivity contribution in [1.29, 1.82) is 0 Å². The van der Waals surface area contributed by atoms with Crippen molar-refractivity contribution in [3.63, 3.8) is 0 Å². The second kappa shape index (κ2) is 8.48. The molecule has 0 radical (unpaired) electrons. The van der Waals surface area contributed by atoms with E-state index in [-0.39, 0.29) is 17.3 Å². The number of rotatable bonds is 6. The molecule has 0 saturated heterocycles. The first-order valence-corrected chi connectivity index (χ1v) is 9.15. The summed E-state index contributed by atoms with van der Waals surface area (Å²) in [5, 5.41) is 7.35. The zero-order chi connectivity index (χ0) is 17.0. The van der Waals surface area contributed by atoms with E-state index >= 15 is 0 Å². The molecule has 0 spiro atoms. The highest BCUT2D eigenvalue weighted by molar-refractivity contribution is 7.89. The van der Waals surface area contributed by atoms with Crippen LogP contribution in [0.25, 0.3) is 5.69 Å². The second-order valence-corrected chi connectivity index (χ2v) is 7.20. The highest BCUT2D eigenvalue weighted by atomic mass is 35.5. The molecule has 2 aromatic rings. The lowest BCUT2D eigenvalue weighted by atomic mass is 10.1. The van der Waals surface area contributed by atoms with Crippen molar-refractivity contribution in [2.75, 3.05) is 26.7 Å². The minimum atomic E-state index is -3.60. The number of para-hydroxylation sites is 2. The van der Waals surface area contributed by atoms with Crippen LogP contribution in [0.15, 0.2) is 53.2 Å². The number of nitrogens with one attached hydrogen (secondary N) is 2. The van der Waals surface area contributed by atoms with Crippen LogP contribution in [-0.2, 0) is 10.0 Å². The molecule has 0 fully saturated rings. The summed E-state index contributed by atoms with van der Waals surface area (Å²) in [4.78, 5) is 0.128. The highest BCUT2D eigenvalue weighted by Gasteiger charge is 2.18. The normalized spacial score (nSPS) is 14.5. The molecule has 1 aliphatic rings. The van der Waals surface area contributed by atoms with Crippen LogP contribution in [0.2, 0.25) is 0 Å². The van der Waals surface area contributed by atoms with Crippen LogP contribution < -0.4 is 14.8 Å². The summed E-state index contributed by atoms with van der Waals surface area (Å²) < 4.78 is 34.3.